The Hall–Kier alpha value is -1.82. The van der Waals surface area contributed by atoms with E-state index in [0.717, 1.165) is 41.5 Å². The summed E-state index contributed by atoms with van der Waals surface area (Å²) in [6.07, 6.45) is 3.36. The molecule has 0 spiro atoms. The first-order valence-electron chi connectivity index (χ1n) is 8.06. The SMILES string of the molecule is CN(CCc1ccccn1)Cc1csc(Cc2ccc(F)cc2Cl)n1. The molecule has 0 N–H and O–H groups in total. The zero-order valence-corrected chi connectivity index (χ0v) is 15.5. The van der Waals surface area contributed by atoms with Gasteiger partial charge in [-0.25, -0.2) is 9.37 Å². The molecule has 0 amide bonds. The predicted molar refractivity (Wildman–Crippen MR) is 101 cm³/mol. The molecule has 2 heterocycles. The number of likely N-dealkylation sites (N-methyl/N-ethyl adjacent to an activating group) is 1. The Morgan fingerprint density at radius 2 is 2.08 bits per heavy atom. The normalized spacial score (nSPS) is 11.2. The second-order valence-corrected chi connectivity index (χ2v) is 7.30. The van der Waals surface area contributed by atoms with Crippen molar-refractivity contribution in [1.29, 1.82) is 0 Å². The Balaban J connectivity index is 1.54. The highest BCUT2D eigenvalue weighted by atomic mass is 35.5. The number of benzene rings is 1. The minimum absolute atomic E-state index is 0.317. The fraction of sp³-hybridized carbons (Fsp3) is 0.263. The van der Waals surface area contributed by atoms with Crippen LogP contribution in [0.2, 0.25) is 5.02 Å². The van der Waals surface area contributed by atoms with Crippen molar-refractivity contribution in [1.82, 2.24) is 14.9 Å². The van der Waals surface area contributed by atoms with Crippen LogP contribution in [0.3, 0.4) is 0 Å². The smallest absolute Gasteiger partial charge is 0.124 e. The number of rotatable bonds is 7. The lowest BCUT2D eigenvalue weighted by atomic mass is 10.1. The Labute approximate surface area is 156 Å². The number of hydrogen-bond acceptors (Lipinski definition) is 4. The van der Waals surface area contributed by atoms with E-state index in [2.05, 4.69) is 27.3 Å². The van der Waals surface area contributed by atoms with Gasteiger partial charge in [-0.15, -0.1) is 11.3 Å². The van der Waals surface area contributed by atoms with Crippen LogP contribution >= 0.6 is 22.9 Å². The third-order valence-electron chi connectivity index (χ3n) is 3.86. The molecule has 0 aliphatic rings. The highest BCUT2D eigenvalue weighted by Crippen LogP contribution is 2.22. The summed E-state index contributed by atoms with van der Waals surface area (Å²) in [6, 6.07) is 10.5. The molecule has 3 nitrogen and oxygen atoms in total. The molecular formula is C19H19ClFN3S. The van der Waals surface area contributed by atoms with Gasteiger partial charge in [-0.1, -0.05) is 23.7 Å². The lowest BCUT2D eigenvalue weighted by Crippen LogP contribution is -2.21. The van der Waals surface area contributed by atoms with Crippen LogP contribution in [0.1, 0.15) is 22.0 Å². The van der Waals surface area contributed by atoms with E-state index in [1.165, 1.54) is 12.1 Å². The highest BCUT2D eigenvalue weighted by Gasteiger charge is 2.09. The maximum Gasteiger partial charge on any atom is 0.124 e. The molecule has 0 unspecified atom stereocenters. The molecule has 25 heavy (non-hydrogen) atoms. The zero-order chi connectivity index (χ0) is 17.6. The molecule has 1 aromatic carbocycles. The minimum Gasteiger partial charge on any atom is -0.300 e. The van der Waals surface area contributed by atoms with E-state index in [1.54, 1.807) is 17.4 Å². The summed E-state index contributed by atoms with van der Waals surface area (Å²) in [5.74, 6) is -0.317. The molecule has 0 atom stereocenters. The van der Waals surface area contributed by atoms with Gasteiger partial charge >= 0.3 is 0 Å². The second kappa shape index (κ2) is 8.52. The monoisotopic (exact) mass is 375 g/mol. The first-order chi connectivity index (χ1) is 12.1. The van der Waals surface area contributed by atoms with Gasteiger partial charge in [0.15, 0.2) is 0 Å². The number of halogens is 2. The summed E-state index contributed by atoms with van der Waals surface area (Å²) in [5.41, 5.74) is 3.04. The van der Waals surface area contributed by atoms with Crippen LogP contribution in [0.15, 0.2) is 48.0 Å². The maximum atomic E-state index is 13.1. The third-order valence-corrected chi connectivity index (χ3v) is 5.11. The third kappa shape index (κ3) is 5.33. The Bertz CT molecular complexity index is 823. The van der Waals surface area contributed by atoms with Crippen LogP contribution in [-0.4, -0.2) is 28.5 Å². The number of thiazole rings is 1. The molecule has 0 aliphatic carbocycles. The average molecular weight is 376 g/mol. The molecule has 0 saturated heterocycles. The fourth-order valence-electron chi connectivity index (χ4n) is 2.54. The van der Waals surface area contributed by atoms with Crippen LogP contribution in [0.4, 0.5) is 4.39 Å². The van der Waals surface area contributed by atoms with E-state index in [9.17, 15) is 4.39 Å². The van der Waals surface area contributed by atoms with Crippen molar-refractivity contribution in [3.63, 3.8) is 0 Å². The number of hydrogen-bond donors (Lipinski definition) is 0. The van der Waals surface area contributed by atoms with Gasteiger partial charge in [0.25, 0.3) is 0 Å². The van der Waals surface area contributed by atoms with E-state index in [4.69, 9.17) is 11.6 Å². The van der Waals surface area contributed by atoms with Crippen LogP contribution in [-0.2, 0) is 19.4 Å². The summed E-state index contributed by atoms with van der Waals surface area (Å²) in [5, 5.41) is 3.51. The van der Waals surface area contributed by atoms with Crippen LogP contribution in [0.25, 0.3) is 0 Å². The fourth-order valence-corrected chi connectivity index (χ4v) is 3.58. The van der Waals surface area contributed by atoms with Gasteiger partial charge in [0.2, 0.25) is 0 Å². The summed E-state index contributed by atoms with van der Waals surface area (Å²) in [7, 11) is 2.08. The van der Waals surface area contributed by atoms with Crippen molar-refractivity contribution in [3.8, 4) is 0 Å². The quantitative estimate of drug-likeness (QED) is 0.604. The van der Waals surface area contributed by atoms with Gasteiger partial charge < -0.3 is 4.90 Å². The van der Waals surface area contributed by atoms with Crippen LogP contribution < -0.4 is 0 Å². The molecule has 0 aliphatic heterocycles. The largest absolute Gasteiger partial charge is 0.300 e. The minimum atomic E-state index is -0.317. The molecule has 3 rings (SSSR count). The van der Waals surface area contributed by atoms with Crippen molar-refractivity contribution in [2.45, 2.75) is 19.4 Å². The Kier molecular flexibility index (Phi) is 6.13. The summed E-state index contributed by atoms with van der Waals surface area (Å²) < 4.78 is 13.1. The standard InChI is InChI=1S/C19H19ClFN3S/c1-24(9-7-16-4-2-3-8-22-16)12-17-13-25-19(23-17)10-14-5-6-15(21)11-18(14)20/h2-6,8,11,13H,7,9-10,12H2,1H3. The topological polar surface area (TPSA) is 29.0 Å². The van der Waals surface area contributed by atoms with E-state index in [1.807, 2.05) is 24.4 Å². The second-order valence-electron chi connectivity index (χ2n) is 5.95. The van der Waals surface area contributed by atoms with Crippen molar-refractivity contribution >= 4 is 22.9 Å². The molecule has 3 aromatic rings. The highest BCUT2D eigenvalue weighted by molar-refractivity contribution is 7.09. The first kappa shape index (κ1) is 18.0. The van der Waals surface area contributed by atoms with E-state index < -0.39 is 0 Å². The predicted octanol–water partition coefficient (Wildman–Crippen LogP) is 4.60. The van der Waals surface area contributed by atoms with E-state index in [0.29, 0.717) is 11.4 Å². The molecule has 0 bridgehead atoms. The zero-order valence-electron chi connectivity index (χ0n) is 14.0. The molecule has 0 radical (unpaired) electrons. The average Bonchev–Trinajstić information content (AvgIpc) is 3.03. The van der Waals surface area contributed by atoms with Gasteiger partial charge in [0.05, 0.1) is 10.7 Å². The Morgan fingerprint density at radius 1 is 1.20 bits per heavy atom. The molecular weight excluding hydrogens is 357 g/mol. The number of pyridine rings is 1. The van der Waals surface area contributed by atoms with Crippen LogP contribution in [0, 0.1) is 5.82 Å². The number of aromatic nitrogens is 2. The maximum absolute atomic E-state index is 13.1. The first-order valence-corrected chi connectivity index (χ1v) is 9.31. The van der Waals surface area contributed by atoms with Gasteiger partial charge in [0.1, 0.15) is 5.82 Å². The van der Waals surface area contributed by atoms with Gasteiger partial charge in [-0.05, 0) is 36.9 Å². The molecule has 2 aromatic heterocycles. The molecule has 0 saturated carbocycles. The molecule has 0 fully saturated rings. The lowest BCUT2D eigenvalue weighted by molar-refractivity contribution is 0.326. The van der Waals surface area contributed by atoms with Gasteiger partial charge in [0, 0.05) is 48.2 Å². The summed E-state index contributed by atoms with van der Waals surface area (Å²) in [6.45, 7) is 1.72. The molecule has 130 valence electrons. The van der Waals surface area contributed by atoms with Gasteiger partial charge in [-0.2, -0.15) is 0 Å². The summed E-state index contributed by atoms with van der Waals surface area (Å²) >= 11 is 7.70. The number of nitrogens with zero attached hydrogens (tertiary/aromatic N) is 3. The van der Waals surface area contributed by atoms with Crippen molar-refractivity contribution < 1.29 is 4.39 Å². The van der Waals surface area contributed by atoms with Crippen molar-refractivity contribution in [2.75, 3.05) is 13.6 Å². The Morgan fingerprint density at radius 3 is 2.84 bits per heavy atom. The van der Waals surface area contributed by atoms with Crippen molar-refractivity contribution in [3.05, 3.63) is 80.8 Å². The van der Waals surface area contributed by atoms with Gasteiger partial charge in [-0.3, -0.25) is 4.98 Å². The summed E-state index contributed by atoms with van der Waals surface area (Å²) in [4.78, 5) is 11.3. The molecule has 6 heteroatoms. The van der Waals surface area contributed by atoms with E-state index >= 15 is 0 Å². The van der Waals surface area contributed by atoms with E-state index in [-0.39, 0.29) is 5.82 Å². The van der Waals surface area contributed by atoms with Crippen molar-refractivity contribution in [2.24, 2.45) is 0 Å². The van der Waals surface area contributed by atoms with Crippen LogP contribution in [0.5, 0.6) is 0 Å². The lowest BCUT2D eigenvalue weighted by Gasteiger charge is -2.14.